The SMILES string of the molecule is Cc1cccc(OC(C)C)c1-c1nc(NS(=O)(=O)c2cccc(C(=O)O)c2)nc(OCC(N)CC(C)(C)C)c1C. The molecular formula is C29H38N4O6S. The first-order chi connectivity index (χ1) is 18.6. The molecule has 1 unspecified atom stereocenters. The molecule has 3 aromatic rings. The number of ether oxygens (including phenoxy) is 2. The first-order valence-electron chi connectivity index (χ1n) is 13.0. The third-order valence-corrected chi connectivity index (χ3v) is 7.19. The van der Waals surface area contributed by atoms with Crippen LogP contribution >= 0.6 is 0 Å². The van der Waals surface area contributed by atoms with Crippen molar-refractivity contribution in [3.63, 3.8) is 0 Å². The molecule has 1 heterocycles. The molecule has 0 saturated heterocycles. The van der Waals surface area contributed by atoms with Crippen LogP contribution in [0.4, 0.5) is 5.95 Å². The molecule has 0 aliphatic heterocycles. The molecule has 0 fully saturated rings. The second kappa shape index (κ2) is 12.2. The molecule has 4 N–H and O–H groups in total. The van der Waals surface area contributed by atoms with Gasteiger partial charge in [-0.3, -0.25) is 0 Å². The summed E-state index contributed by atoms with van der Waals surface area (Å²) in [7, 11) is -4.24. The summed E-state index contributed by atoms with van der Waals surface area (Å²) in [6.07, 6.45) is 0.585. The van der Waals surface area contributed by atoms with Gasteiger partial charge in [0, 0.05) is 17.2 Å². The fourth-order valence-electron chi connectivity index (χ4n) is 4.23. The van der Waals surface area contributed by atoms with Crippen LogP contribution in [0.3, 0.4) is 0 Å². The van der Waals surface area contributed by atoms with E-state index in [1.165, 1.54) is 18.2 Å². The topological polar surface area (TPSA) is 154 Å². The zero-order valence-corrected chi connectivity index (χ0v) is 24.8. The maximum atomic E-state index is 13.3. The van der Waals surface area contributed by atoms with E-state index in [9.17, 15) is 18.3 Å². The van der Waals surface area contributed by atoms with Gasteiger partial charge in [-0.05, 0) is 69.4 Å². The summed E-state index contributed by atoms with van der Waals surface area (Å²) in [5.74, 6) is -0.731. The molecule has 40 heavy (non-hydrogen) atoms. The number of hydrogen-bond acceptors (Lipinski definition) is 8. The lowest BCUT2D eigenvalue weighted by Crippen LogP contribution is -2.32. The van der Waals surface area contributed by atoms with E-state index < -0.39 is 16.0 Å². The minimum Gasteiger partial charge on any atom is -0.490 e. The molecule has 2 aromatic carbocycles. The van der Waals surface area contributed by atoms with E-state index in [0.29, 0.717) is 29.0 Å². The Balaban J connectivity index is 2.12. The maximum absolute atomic E-state index is 13.3. The molecule has 0 aliphatic rings. The highest BCUT2D eigenvalue weighted by Gasteiger charge is 2.24. The zero-order chi connectivity index (χ0) is 29.8. The molecular weight excluding hydrogens is 532 g/mol. The van der Waals surface area contributed by atoms with E-state index in [2.05, 4.69) is 35.5 Å². The summed E-state index contributed by atoms with van der Waals surface area (Å²) in [6, 6.07) is 10.3. The van der Waals surface area contributed by atoms with E-state index in [-0.39, 0.29) is 46.5 Å². The van der Waals surface area contributed by atoms with Crippen molar-refractivity contribution in [3.05, 3.63) is 59.2 Å². The van der Waals surface area contributed by atoms with Crippen molar-refractivity contribution in [1.82, 2.24) is 9.97 Å². The number of benzene rings is 2. The van der Waals surface area contributed by atoms with Gasteiger partial charge in [-0.25, -0.2) is 22.9 Å². The Hall–Kier alpha value is -3.70. The summed E-state index contributed by atoms with van der Waals surface area (Å²) < 4.78 is 41.0. The minimum atomic E-state index is -4.24. The first-order valence-corrected chi connectivity index (χ1v) is 14.5. The van der Waals surface area contributed by atoms with Crippen molar-refractivity contribution in [2.24, 2.45) is 11.1 Å². The maximum Gasteiger partial charge on any atom is 0.335 e. The van der Waals surface area contributed by atoms with Gasteiger partial charge in [0.25, 0.3) is 10.0 Å². The summed E-state index contributed by atoms with van der Waals surface area (Å²) in [4.78, 5) is 20.1. The number of aromatic nitrogens is 2. The van der Waals surface area contributed by atoms with Gasteiger partial charge in [-0.15, -0.1) is 0 Å². The number of carboxylic acids is 1. The molecule has 0 aliphatic carbocycles. The van der Waals surface area contributed by atoms with Crippen LogP contribution in [-0.4, -0.2) is 48.2 Å². The van der Waals surface area contributed by atoms with Crippen LogP contribution in [-0.2, 0) is 10.0 Å². The number of anilines is 1. The average Bonchev–Trinajstić information content (AvgIpc) is 2.83. The lowest BCUT2D eigenvalue weighted by atomic mass is 9.89. The van der Waals surface area contributed by atoms with E-state index in [4.69, 9.17) is 15.2 Å². The number of nitrogens with two attached hydrogens (primary N) is 1. The van der Waals surface area contributed by atoms with Crippen LogP contribution in [0, 0.1) is 19.3 Å². The molecule has 0 spiro atoms. The highest BCUT2D eigenvalue weighted by Crippen LogP contribution is 2.38. The fourth-order valence-corrected chi connectivity index (χ4v) is 5.22. The van der Waals surface area contributed by atoms with E-state index in [1.54, 1.807) is 6.92 Å². The molecule has 216 valence electrons. The van der Waals surface area contributed by atoms with Gasteiger partial charge in [0.05, 0.1) is 22.3 Å². The monoisotopic (exact) mass is 570 g/mol. The molecule has 11 heteroatoms. The van der Waals surface area contributed by atoms with Crippen LogP contribution in [0.15, 0.2) is 47.4 Å². The Labute approximate surface area is 236 Å². The van der Waals surface area contributed by atoms with E-state index in [1.807, 2.05) is 39.0 Å². The van der Waals surface area contributed by atoms with Gasteiger partial charge >= 0.3 is 5.97 Å². The average molecular weight is 571 g/mol. The van der Waals surface area contributed by atoms with Gasteiger partial charge in [0.15, 0.2) is 0 Å². The summed E-state index contributed by atoms with van der Waals surface area (Å²) >= 11 is 0. The predicted octanol–water partition coefficient (Wildman–Crippen LogP) is 5.19. The van der Waals surface area contributed by atoms with Gasteiger partial charge < -0.3 is 20.3 Å². The molecule has 1 atom stereocenters. The lowest BCUT2D eigenvalue weighted by molar-refractivity contribution is 0.0696. The normalized spacial score (nSPS) is 12.7. The fraction of sp³-hybridized carbons (Fsp3) is 0.414. The summed E-state index contributed by atoms with van der Waals surface area (Å²) in [5, 5.41) is 9.30. The zero-order valence-electron chi connectivity index (χ0n) is 24.0. The van der Waals surface area contributed by atoms with E-state index >= 15 is 0 Å². The number of carbonyl (C=O) groups is 1. The van der Waals surface area contributed by atoms with Crippen LogP contribution in [0.1, 0.15) is 62.5 Å². The van der Waals surface area contributed by atoms with Crippen LogP contribution < -0.4 is 19.9 Å². The smallest absolute Gasteiger partial charge is 0.335 e. The lowest BCUT2D eigenvalue weighted by Gasteiger charge is -2.24. The van der Waals surface area contributed by atoms with Crippen LogP contribution in [0.5, 0.6) is 11.6 Å². The van der Waals surface area contributed by atoms with Gasteiger partial charge in [-0.2, -0.15) is 4.98 Å². The van der Waals surface area contributed by atoms with E-state index in [0.717, 1.165) is 11.6 Å². The number of sulfonamides is 1. The number of aryl methyl sites for hydroxylation is 1. The van der Waals surface area contributed by atoms with Gasteiger partial charge in [-0.1, -0.05) is 39.0 Å². The second-order valence-electron chi connectivity index (χ2n) is 11.2. The van der Waals surface area contributed by atoms with Crippen molar-refractivity contribution < 1.29 is 27.8 Å². The third kappa shape index (κ3) is 7.92. The number of rotatable bonds is 11. The Kier molecular flexibility index (Phi) is 9.42. The quantitative estimate of drug-likeness (QED) is 0.283. The first kappa shape index (κ1) is 30.8. The summed E-state index contributed by atoms with van der Waals surface area (Å²) in [6.45, 7) is 13.9. The third-order valence-electron chi connectivity index (χ3n) is 5.86. The molecule has 3 rings (SSSR count). The van der Waals surface area contributed by atoms with Crippen molar-refractivity contribution in [3.8, 4) is 22.9 Å². The number of hydrogen-bond donors (Lipinski definition) is 3. The Morgan fingerprint density at radius 2 is 1.77 bits per heavy atom. The van der Waals surface area contributed by atoms with Crippen LogP contribution in [0.2, 0.25) is 0 Å². The molecule has 1 aromatic heterocycles. The van der Waals surface area contributed by atoms with Crippen molar-refractivity contribution in [1.29, 1.82) is 0 Å². The highest BCUT2D eigenvalue weighted by molar-refractivity contribution is 7.92. The number of aromatic carboxylic acids is 1. The van der Waals surface area contributed by atoms with Gasteiger partial charge in [0.2, 0.25) is 11.8 Å². The number of carboxylic acid groups (broad SMARTS) is 1. The Morgan fingerprint density at radius 1 is 1.10 bits per heavy atom. The Morgan fingerprint density at radius 3 is 2.40 bits per heavy atom. The standard InChI is InChI=1S/C29H38N4O6S/c1-17(2)39-23-13-8-10-18(3)24(23)25-19(4)26(38-16-21(30)15-29(5,6)7)32-28(31-25)33-40(36,37)22-12-9-11-20(14-22)27(34)35/h8-14,17,21H,15-16,30H2,1-7H3,(H,34,35)(H,31,32,33). The number of nitrogens with one attached hydrogen (secondary N) is 1. The van der Waals surface area contributed by atoms with Crippen molar-refractivity contribution in [2.75, 3.05) is 11.3 Å². The molecule has 0 amide bonds. The van der Waals surface area contributed by atoms with Crippen LogP contribution in [0.25, 0.3) is 11.3 Å². The minimum absolute atomic E-state index is 0.00975. The number of nitrogens with zero attached hydrogens (tertiary/aromatic N) is 2. The second-order valence-corrected chi connectivity index (χ2v) is 12.9. The molecule has 0 bridgehead atoms. The molecule has 0 saturated carbocycles. The van der Waals surface area contributed by atoms with Crippen molar-refractivity contribution >= 4 is 21.9 Å². The predicted molar refractivity (Wildman–Crippen MR) is 154 cm³/mol. The molecule has 0 radical (unpaired) electrons. The summed E-state index contributed by atoms with van der Waals surface area (Å²) in [5.41, 5.74) is 8.69. The molecule has 10 nitrogen and oxygen atoms in total. The highest BCUT2D eigenvalue weighted by atomic mass is 32.2. The largest absolute Gasteiger partial charge is 0.490 e. The van der Waals surface area contributed by atoms with Gasteiger partial charge in [0.1, 0.15) is 12.4 Å². The van der Waals surface area contributed by atoms with Crippen molar-refractivity contribution in [2.45, 2.75) is 71.9 Å². The Bertz CT molecular complexity index is 1480.